The van der Waals surface area contributed by atoms with Gasteiger partial charge in [-0.15, -0.1) is 0 Å². The summed E-state index contributed by atoms with van der Waals surface area (Å²) >= 11 is 0. The minimum atomic E-state index is -4.24. The summed E-state index contributed by atoms with van der Waals surface area (Å²) in [5.74, 6) is -2.87. The van der Waals surface area contributed by atoms with Gasteiger partial charge in [0.2, 0.25) is 10.0 Å². The summed E-state index contributed by atoms with van der Waals surface area (Å²) in [4.78, 5) is 22.8. The van der Waals surface area contributed by atoms with Gasteiger partial charge in [0.05, 0.1) is 6.07 Å². The number of nitriles is 1. The molecule has 0 heterocycles. The molecule has 1 amide bonds. The first-order valence-electron chi connectivity index (χ1n) is 7.64. The highest BCUT2D eigenvalue weighted by Crippen LogP contribution is 2.15. The minimum absolute atomic E-state index is 0.181. The molecule has 26 heavy (non-hydrogen) atoms. The number of ether oxygens (including phenoxy) is 1. The molecule has 8 nitrogen and oxygen atoms in total. The smallest absolute Gasteiger partial charge is 0.321 e. The third-order valence-electron chi connectivity index (χ3n) is 3.68. The monoisotopic (exact) mass is 385 g/mol. The van der Waals surface area contributed by atoms with Crippen molar-refractivity contribution in [2.45, 2.75) is 31.2 Å². The highest BCUT2D eigenvalue weighted by Gasteiger charge is 2.30. The molecule has 0 radical (unpaired) electrons. The first kappa shape index (κ1) is 21.5. The van der Waals surface area contributed by atoms with E-state index in [0.29, 0.717) is 0 Å². The van der Waals surface area contributed by atoms with Gasteiger partial charge in [0, 0.05) is 0 Å². The molecule has 0 aliphatic carbocycles. The number of sulfonamides is 1. The summed E-state index contributed by atoms with van der Waals surface area (Å²) < 4.78 is 43.9. The minimum Gasteiger partial charge on any atom is -0.455 e. The average molecular weight is 385 g/mol. The van der Waals surface area contributed by atoms with Crippen LogP contribution in [-0.4, -0.2) is 39.0 Å². The van der Waals surface area contributed by atoms with Crippen molar-refractivity contribution in [2.24, 2.45) is 5.92 Å². The Balaban J connectivity index is 2.54. The molecule has 0 spiro atoms. The van der Waals surface area contributed by atoms with Crippen molar-refractivity contribution in [3.05, 3.63) is 30.1 Å². The van der Waals surface area contributed by atoms with E-state index in [0.717, 1.165) is 12.1 Å². The molecule has 0 saturated heterocycles. The summed E-state index contributed by atoms with van der Waals surface area (Å²) in [6.07, 6.45) is 0. The van der Waals surface area contributed by atoms with Crippen LogP contribution < -0.4 is 10.0 Å². The van der Waals surface area contributed by atoms with Crippen LogP contribution in [-0.2, 0) is 24.3 Å². The Morgan fingerprint density at radius 3 is 2.50 bits per heavy atom. The van der Waals surface area contributed by atoms with E-state index in [9.17, 15) is 22.4 Å². The Kier molecular flexibility index (Phi) is 7.23. The first-order valence-corrected chi connectivity index (χ1v) is 9.12. The van der Waals surface area contributed by atoms with E-state index in [-0.39, 0.29) is 5.92 Å². The Morgan fingerprint density at radius 1 is 1.35 bits per heavy atom. The summed E-state index contributed by atoms with van der Waals surface area (Å²) in [6, 6.07) is 6.64. The van der Waals surface area contributed by atoms with Gasteiger partial charge >= 0.3 is 5.97 Å². The van der Waals surface area contributed by atoms with Gasteiger partial charge in [0.25, 0.3) is 5.91 Å². The lowest BCUT2D eigenvalue weighted by atomic mass is 9.90. The van der Waals surface area contributed by atoms with E-state index < -0.39 is 51.3 Å². The van der Waals surface area contributed by atoms with Crippen molar-refractivity contribution >= 4 is 21.9 Å². The number of carbonyl (C=O) groups excluding carboxylic acids is 2. The van der Waals surface area contributed by atoms with Crippen molar-refractivity contribution in [1.82, 2.24) is 10.0 Å². The van der Waals surface area contributed by atoms with Gasteiger partial charge in [-0.2, -0.15) is 9.98 Å². The van der Waals surface area contributed by atoms with E-state index in [4.69, 9.17) is 5.26 Å². The van der Waals surface area contributed by atoms with Gasteiger partial charge in [0.1, 0.15) is 22.8 Å². The van der Waals surface area contributed by atoms with Crippen molar-refractivity contribution in [2.75, 3.05) is 13.2 Å². The zero-order valence-corrected chi connectivity index (χ0v) is 15.4. The van der Waals surface area contributed by atoms with Crippen LogP contribution in [0, 0.1) is 23.1 Å². The van der Waals surface area contributed by atoms with Crippen LogP contribution in [0.15, 0.2) is 29.2 Å². The number of rotatable bonds is 8. The lowest BCUT2D eigenvalue weighted by molar-refractivity contribution is -0.147. The lowest BCUT2D eigenvalue weighted by Crippen LogP contribution is -2.50. The molecule has 0 bridgehead atoms. The number of hydrogen-bond acceptors (Lipinski definition) is 6. The molecule has 0 fully saturated rings. The second-order valence-electron chi connectivity index (χ2n) is 5.93. The maximum Gasteiger partial charge on any atom is 0.321 e. The number of esters is 1. The first-order chi connectivity index (χ1) is 12.0. The Hall–Kier alpha value is -2.51. The molecule has 0 unspecified atom stereocenters. The van der Waals surface area contributed by atoms with E-state index in [1.54, 1.807) is 13.8 Å². The fourth-order valence-electron chi connectivity index (χ4n) is 1.72. The van der Waals surface area contributed by atoms with Gasteiger partial charge in [-0.3, -0.25) is 9.59 Å². The van der Waals surface area contributed by atoms with Crippen LogP contribution in [0.5, 0.6) is 0 Å². The molecule has 2 N–H and O–H groups in total. The topological polar surface area (TPSA) is 125 Å². The largest absolute Gasteiger partial charge is 0.455 e. The SMILES string of the molecule is CC(C)[C@](C)(C#N)NC(=O)COC(=O)CNS(=O)(=O)c1ccccc1F. The summed E-state index contributed by atoms with van der Waals surface area (Å²) in [6.45, 7) is 3.56. The highest BCUT2D eigenvalue weighted by atomic mass is 32.2. The molecule has 10 heteroatoms. The molecule has 0 aliphatic rings. The van der Waals surface area contributed by atoms with Gasteiger partial charge < -0.3 is 10.1 Å². The maximum atomic E-state index is 13.5. The van der Waals surface area contributed by atoms with Crippen LogP contribution in [0.4, 0.5) is 4.39 Å². The molecule has 0 saturated carbocycles. The molecule has 1 aromatic carbocycles. The Morgan fingerprint density at radius 2 is 1.96 bits per heavy atom. The maximum absolute atomic E-state index is 13.5. The molecule has 142 valence electrons. The molecule has 0 aromatic heterocycles. The Bertz CT molecular complexity index is 819. The second kappa shape index (κ2) is 8.73. The van der Waals surface area contributed by atoms with Gasteiger partial charge in [-0.25, -0.2) is 12.8 Å². The van der Waals surface area contributed by atoms with E-state index >= 15 is 0 Å². The molecule has 1 rings (SSSR count). The third-order valence-corrected chi connectivity index (χ3v) is 5.12. The third kappa shape index (κ3) is 5.79. The number of nitrogens with one attached hydrogen (secondary N) is 2. The predicted molar refractivity (Wildman–Crippen MR) is 89.5 cm³/mol. The quantitative estimate of drug-likeness (QED) is 0.635. The fourth-order valence-corrected chi connectivity index (χ4v) is 2.76. The highest BCUT2D eigenvalue weighted by molar-refractivity contribution is 7.89. The van der Waals surface area contributed by atoms with E-state index in [2.05, 4.69) is 10.1 Å². The second-order valence-corrected chi connectivity index (χ2v) is 7.67. The fraction of sp³-hybridized carbons (Fsp3) is 0.438. The van der Waals surface area contributed by atoms with Crippen molar-refractivity contribution in [3.63, 3.8) is 0 Å². The predicted octanol–water partition coefficient (Wildman–Crippen LogP) is 0.702. The number of benzene rings is 1. The van der Waals surface area contributed by atoms with E-state index in [1.807, 2.05) is 10.8 Å². The van der Waals surface area contributed by atoms with E-state index in [1.165, 1.54) is 19.1 Å². The lowest BCUT2D eigenvalue weighted by Gasteiger charge is -2.27. The van der Waals surface area contributed by atoms with Crippen LogP contribution in [0.3, 0.4) is 0 Å². The standard InChI is InChI=1S/C16H20FN3O5S/c1-11(2)16(3,10-18)20-14(21)9-25-15(22)8-19-26(23,24)13-7-5-4-6-12(13)17/h4-7,11,19H,8-9H2,1-3H3,(H,20,21)/t16-/m0/s1. The molecular formula is C16H20FN3O5S. The van der Waals surface area contributed by atoms with Crippen molar-refractivity contribution in [1.29, 1.82) is 5.26 Å². The van der Waals surface area contributed by atoms with Crippen molar-refractivity contribution < 1.29 is 27.1 Å². The number of carbonyl (C=O) groups is 2. The zero-order chi connectivity index (χ0) is 20.0. The average Bonchev–Trinajstić information content (AvgIpc) is 2.58. The van der Waals surface area contributed by atoms with Gasteiger partial charge in [-0.05, 0) is 25.0 Å². The number of halogens is 1. The summed E-state index contributed by atoms with van der Waals surface area (Å²) in [7, 11) is -4.24. The Labute approximate surface area is 151 Å². The summed E-state index contributed by atoms with van der Waals surface area (Å²) in [5, 5.41) is 11.5. The van der Waals surface area contributed by atoms with Crippen LogP contribution in [0.25, 0.3) is 0 Å². The molecule has 1 atom stereocenters. The summed E-state index contributed by atoms with van der Waals surface area (Å²) in [5.41, 5.74) is -1.13. The number of hydrogen-bond donors (Lipinski definition) is 2. The normalized spacial score (nSPS) is 13.5. The molecule has 0 aliphatic heterocycles. The van der Waals surface area contributed by atoms with Gasteiger partial charge in [-0.1, -0.05) is 26.0 Å². The van der Waals surface area contributed by atoms with Crippen LogP contribution in [0.2, 0.25) is 0 Å². The van der Waals surface area contributed by atoms with Crippen molar-refractivity contribution in [3.8, 4) is 6.07 Å². The number of nitrogens with zero attached hydrogens (tertiary/aromatic N) is 1. The molecule has 1 aromatic rings. The van der Waals surface area contributed by atoms with Crippen LogP contribution >= 0.6 is 0 Å². The molecular weight excluding hydrogens is 365 g/mol. The zero-order valence-electron chi connectivity index (χ0n) is 14.6. The van der Waals surface area contributed by atoms with Crippen LogP contribution in [0.1, 0.15) is 20.8 Å². The van der Waals surface area contributed by atoms with Gasteiger partial charge in [0.15, 0.2) is 6.61 Å². The number of amides is 1.